The topological polar surface area (TPSA) is 0 Å². The van der Waals surface area contributed by atoms with Crippen molar-refractivity contribution < 1.29 is 0 Å². The van der Waals surface area contributed by atoms with Gasteiger partial charge in [0.05, 0.1) is 0 Å². The van der Waals surface area contributed by atoms with Crippen molar-refractivity contribution in [3.8, 4) is 0 Å². The largest absolute Gasteiger partial charge is 0.0651 e. The molecule has 6 unspecified atom stereocenters. The lowest BCUT2D eigenvalue weighted by molar-refractivity contribution is 0.110. The monoisotopic (exact) mass is 278 g/mol. The molecule has 0 heterocycles. The summed E-state index contributed by atoms with van der Waals surface area (Å²) < 4.78 is 0. The van der Waals surface area contributed by atoms with Gasteiger partial charge in [0, 0.05) is 0 Å². The molecule has 0 radical (unpaired) electrons. The highest BCUT2D eigenvalue weighted by molar-refractivity contribution is 4.83. The van der Waals surface area contributed by atoms with Crippen LogP contribution >= 0.6 is 0 Å². The van der Waals surface area contributed by atoms with Crippen LogP contribution in [-0.4, -0.2) is 0 Å². The van der Waals surface area contributed by atoms with E-state index in [4.69, 9.17) is 0 Å². The molecule has 0 aromatic rings. The number of rotatable bonds is 4. The Balaban J connectivity index is 1.78. The van der Waals surface area contributed by atoms with Gasteiger partial charge in [-0.05, 0) is 73.5 Å². The van der Waals surface area contributed by atoms with Crippen molar-refractivity contribution in [1.82, 2.24) is 0 Å². The Hall–Kier alpha value is 0. The van der Waals surface area contributed by atoms with Crippen LogP contribution in [0.1, 0.15) is 86.0 Å². The van der Waals surface area contributed by atoms with E-state index in [1.165, 1.54) is 44.9 Å². The zero-order chi connectivity index (χ0) is 14.7. The number of hydrogen-bond donors (Lipinski definition) is 0. The van der Waals surface area contributed by atoms with E-state index in [0.717, 1.165) is 41.4 Å². The van der Waals surface area contributed by atoms with Gasteiger partial charge in [0.1, 0.15) is 0 Å². The van der Waals surface area contributed by atoms with Crippen LogP contribution in [0.3, 0.4) is 0 Å². The lowest BCUT2D eigenvalue weighted by Gasteiger charge is -2.40. The van der Waals surface area contributed by atoms with Crippen LogP contribution in [0.15, 0.2) is 0 Å². The highest BCUT2D eigenvalue weighted by atomic mass is 14.4. The molecule has 2 rings (SSSR count). The first-order valence-corrected chi connectivity index (χ1v) is 9.51. The average molecular weight is 279 g/mol. The second-order valence-corrected chi connectivity index (χ2v) is 8.62. The predicted octanol–water partition coefficient (Wildman–Crippen LogP) is 6.55. The summed E-state index contributed by atoms with van der Waals surface area (Å²) in [5, 5.41) is 0. The molecule has 20 heavy (non-hydrogen) atoms. The van der Waals surface area contributed by atoms with Crippen molar-refractivity contribution in [2.75, 3.05) is 0 Å². The molecule has 2 aliphatic rings. The van der Waals surface area contributed by atoms with Crippen molar-refractivity contribution in [3.05, 3.63) is 0 Å². The molecule has 2 fully saturated rings. The van der Waals surface area contributed by atoms with Crippen LogP contribution in [0.2, 0.25) is 0 Å². The minimum absolute atomic E-state index is 0.894. The third-order valence-electron chi connectivity index (χ3n) is 6.85. The quantitative estimate of drug-likeness (QED) is 0.547. The third-order valence-corrected chi connectivity index (χ3v) is 6.85. The Morgan fingerprint density at radius 1 is 0.850 bits per heavy atom. The SMILES string of the molecule is CCC1CCC(CC2CCC(C(C)C)C(C)C2)CC1C. The van der Waals surface area contributed by atoms with Crippen molar-refractivity contribution in [2.24, 2.45) is 41.4 Å². The molecule has 0 aromatic carbocycles. The van der Waals surface area contributed by atoms with Crippen LogP contribution in [0.25, 0.3) is 0 Å². The van der Waals surface area contributed by atoms with Gasteiger partial charge >= 0.3 is 0 Å². The second-order valence-electron chi connectivity index (χ2n) is 8.62. The standard InChI is InChI=1S/C20H38/c1-6-19-9-7-17(11-15(19)4)13-18-8-10-20(14(2)3)16(5)12-18/h14-20H,6-13H2,1-5H3. The van der Waals surface area contributed by atoms with Crippen LogP contribution < -0.4 is 0 Å². The summed E-state index contributed by atoms with van der Waals surface area (Å²) in [5.41, 5.74) is 0. The van der Waals surface area contributed by atoms with Gasteiger partial charge in [-0.1, -0.05) is 53.9 Å². The van der Waals surface area contributed by atoms with Gasteiger partial charge in [-0.3, -0.25) is 0 Å². The van der Waals surface area contributed by atoms with Crippen molar-refractivity contribution >= 4 is 0 Å². The molecule has 2 aliphatic carbocycles. The van der Waals surface area contributed by atoms with E-state index >= 15 is 0 Å². The summed E-state index contributed by atoms with van der Waals surface area (Å²) >= 11 is 0. The Morgan fingerprint density at radius 2 is 1.45 bits per heavy atom. The normalized spacial score (nSPS) is 42.9. The maximum Gasteiger partial charge on any atom is -0.0365 e. The molecule has 0 spiro atoms. The maximum absolute atomic E-state index is 2.52. The van der Waals surface area contributed by atoms with E-state index in [0.29, 0.717) is 0 Å². The molecular weight excluding hydrogens is 240 g/mol. The van der Waals surface area contributed by atoms with Crippen molar-refractivity contribution in [2.45, 2.75) is 86.0 Å². The summed E-state index contributed by atoms with van der Waals surface area (Å²) in [6, 6.07) is 0. The van der Waals surface area contributed by atoms with Gasteiger partial charge < -0.3 is 0 Å². The van der Waals surface area contributed by atoms with Gasteiger partial charge in [0.15, 0.2) is 0 Å². The van der Waals surface area contributed by atoms with Crippen LogP contribution in [0.4, 0.5) is 0 Å². The third kappa shape index (κ3) is 4.01. The van der Waals surface area contributed by atoms with Gasteiger partial charge in [-0.2, -0.15) is 0 Å². The van der Waals surface area contributed by atoms with Crippen LogP contribution in [-0.2, 0) is 0 Å². The van der Waals surface area contributed by atoms with E-state index in [1.54, 1.807) is 6.42 Å². The first-order chi connectivity index (χ1) is 9.51. The summed E-state index contributed by atoms with van der Waals surface area (Å²) in [6.07, 6.45) is 12.1. The lowest BCUT2D eigenvalue weighted by Crippen LogP contribution is -2.29. The van der Waals surface area contributed by atoms with E-state index in [9.17, 15) is 0 Å². The van der Waals surface area contributed by atoms with Gasteiger partial charge in [0.25, 0.3) is 0 Å². The highest BCUT2D eigenvalue weighted by Gasteiger charge is 2.32. The first-order valence-electron chi connectivity index (χ1n) is 9.51. The predicted molar refractivity (Wildman–Crippen MR) is 89.7 cm³/mol. The van der Waals surface area contributed by atoms with E-state index in [-0.39, 0.29) is 0 Å². The molecule has 0 amide bonds. The smallest absolute Gasteiger partial charge is 0.0365 e. The van der Waals surface area contributed by atoms with Crippen LogP contribution in [0.5, 0.6) is 0 Å². The molecule has 0 aromatic heterocycles. The maximum atomic E-state index is 2.52. The minimum Gasteiger partial charge on any atom is -0.0651 e. The van der Waals surface area contributed by atoms with E-state index < -0.39 is 0 Å². The summed E-state index contributed by atoms with van der Waals surface area (Å²) in [7, 11) is 0. The molecule has 118 valence electrons. The molecule has 0 aliphatic heterocycles. The van der Waals surface area contributed by atoms with Crippen molar-refractivity contribution in [1.29, 1.82) is 0 Å². The molecule has 2 saturated carbocycles. The fraction of sp³-hybridized carbons (Fsp3) is 1.00. The molecular formula is C20H38. The van der Waals surface area contributed by atoms with Gasteiger partial charge in [-0.25, -0.2) is 0 Å². The Morgan fingerprint density at radius 3 is 1.95 bits per heavy atom. The van der Waals surface area contributed by atoms with Crippen LogP contribution in [0, 0.1) is 41.4 Å². The highest BCUT2D eigenvalue weighted by Crippen LogP contribution is 2.44. The fourth-order valence-electron chi connectivity index (χ4n) is 5.60. The molecule has 0 N–H and O–H groups in total. The molecule has 0 bridgehead atoms. The summed E-state index contributed by atoms with van der Waals surface area (Å²) in [6.45, 7) is 12.3. The minimum atomic E-state index is 0.894. The van der Waals surface area contributed by atoms with E-state index in [1.807, 2.05) is 0 Å². The number of hydrogen-bond acceptors (Lipinski definition) is 0. The molecule has 0 heteroatoms. The van der Waals surface area contributed by atoms with Crippen molar-refractivity contribution in [3.63, 3.8) is 0 Å². The molecule has 0 nitrogen and oxygen atoms in total. The lowest BCUT2D eigenvalue weighted by atomic mass is 9.66. The van der Waals surface area contributed by atoms with Gasteiger partial charge in [-0.15, -0.1) is 0 Å². The Kier molecular flexibility index (Phi) is 5.99. The molecule has 6 atom stereocenters. The zero-order valence-electron chi connectivity index (χ0n) is 14.7. The summed E-state index contributed by atoms with van der Waals surface area (Å²) in [4.78, 5) is 0. The van der Waals surface area contributed by atoms with E-state index in [2.05, 4.69) is 34.6 Å². The Bertz CT molecular complexity index is 280. The zero-order valence-corrected chi connectivity index (χ0v) is 14.7. The Labute approximate surface area is 128 Å². The average Bonchev–Trinajstić information content (AvgIpc) is 2.38. The fourth-order valence-corrected chi connectivity index (χ4v) is 5.60. The van der Waals surface area contributed by atoms with Gasteiger partial charge in [0.2, 0.25) is 0 Å². The second kappa shape index (κ2) is 7.32. The summed E-state index contributed by atoms with van der Waals surface area (Å²) in [5.74, 6) is 6.99. The molecule has 0 saturated heterocycles. The first kappa shape index (κ1) is 16.4.